The Morgan fingerprint density at radius 3 is 2.95 bits per heavy atom. The average molecular weight is 278 g/mol. The van der Waals surface area contributed by atoms with E-state index in [0.717, 1.165) is 32.1 Å². The monoisotopic (exact) mass is 278 g/mol. The molecule has 0 spiro atoms. The molecule has 1 aromatic carbocycles. The van der Waals surface area contributed by atoms with E-state index in [2.05, 4.69) is 42.5 Å². The van der Waals surface area contributed by atoms with Crippen molar-refractivity contribution in [1.82, 2.24) is 10.2 Å². The molecule has 0 aliphatic carbocycles. The Balaban J connectivity index is 1.91. The van der Waals surface area contributed by atoms with E-state index in [9.17, 15) is 0 Å². The van der Waals surface area contributed by atoms with Gasteiger partial charge in [-0.25, -0.2) is 0 Å². The molecular formula is C16H26N2O2. The first-order chi connectivity index (χ1) is 9.70. The van der Waals surface area contributed by atoms with Crippen LogP contribution in [-0.4, -0.2) is 52.4 Å². The second-order valence-electron chi connectivity index (χ2n) is 5.64. The van der Waals surface area contributed by atoms with Crippen LogP contribution in [0.5, 0.6) is 5.75 Å². The largest absolute Gasteiger partial charge is 0.497 e. The van der Waals surface area contributed by atoms with Gasteiger partial charge in [0.1, 0.15) is 5.75 Å². The van der Waals surface area contributed by atoms with E-state index < -0.39 is 0 Å². The molecule has 4 nitrogen and oxygen atoms in total. The minimum Gasteiger partial charge on any atom is -0.497 e. The molecule has 2 atom stereocenters. The van der Waals surface area contributed by atoms with Crippen molar-refractivity contribution in [2.45, 2.75) is 12.5 Å². The Morgan fingerprint density at radius 2 is 2.30 bits per heavy atom. The van der Waals surface area contributed by atoms with E-state index in [1.807, 2.05) is 6.07 Å². The van der Waals surface area contributed by atoms with Gasteiger partial charge in [-0.05, 0) is 44.1 Å². The van der Waals surface area contributed by atoms with Gasteiger partial charge in [0.15, 0.2) is 0 Å². The van der Waals surface area contributed by atoms with Crippen molar-refractivity contribution in [3.05, 3.63) is 29.8 Å². The van der Waals surface area contributed by atoms with Crippen molar-refractivity contribution in [2.75, 3.05) is 47.5 Å². The smallest absolute Gasteiger partial charge is 0.119 e. The van der Waals surface area contributed by atoms with Gasteiger partial charge < -0.3 is 19.7 Å². The molecule has 1 heterocycles. The predicted octanol–water partition coefficient (Wildman–Crippen LogP) is 1.92. The SMILES string of the molecule is COc1cccc(C(CNCC2CCOC2)N(C)C)c1. The summed E-state index contributed by atoms with van der Waals surface area (Å²) in [5, 5.41) is 3.58. The van der Waals surface area contributed by atoms with Crippen LogP contribution in [0.1, 0.15) is 18.0 Å². The lowest BCUT2D eigenvalue weighted by atomic mass is 10.0. The number of nitrogens with one attached hydrogen (secondary N) is 1. The summed E-state index contributed by atoms with van der Waals surface area (Å²) >= 11 is 0. The summed E-state index contributed by atoms with van der Waals surface area (Å²) in [7, 11) is 5.94. The molecule has 1 aromatic rings. The minimum atomic E-state index is 0.354. The third-order valence-electron chi connectivity index (χ3n) is 3.90. The maximum absolute atomic E-state index is 5.41. The van der Waals surface area contributed by atoms with Crippen LogP contribution in [0.4, 0.5) is 0 Å². The lowest BCUT2D eigenvalue weighted by Crippen LogP contribution is -2.33. The van der Waals surface area contributed by atoms with E-state index in [1.165, 1.54) is 12.0 Å². The number of benzene rings is 1. The van der Waals surface area contributed by atoms with Crippen molar-refractivity contribution < 1.29 is 9.47 Å². The van der Waals surface area contributed by atoms with Crippen LogP contribution >= 0.6 is 0 Å². The van der Waals surface area contributed by atoms with Gasteiger partial charge in [-0.1, -0.05) is 12.1 Å². The molecule has 1 aliphatic heterocycles. The first-order valence-corrected chi connectivity index (χ1v) is 7.29. The summed E-state index contributed by atoms with van der Waals surface area (Å²) in [6.07, 6.45) is 1.18. The van der Waals surface area contributed by atoms with Gasteiger partial charge >= 0.3 is 0 Å². The van der Waals surface area contributed by atoms with Gasteiger partial charge in [0.05, 0.1) is 13.7 Å². The van der Waals surface area contributed by atoms with Gasteiger partial charge in [-0.2, -0.15) is 0 Å². The zero-order valence-electron chi connectivity index (χ0n) is 12.8. The molecule has 1 aliphatic rings. The molecule has 2 rings (SSSR count). The van der Waals surface area contributed by atoms with E-state index in [0.29, 0.717) is 12.0 Å². The molecule has 1 N–H and O–H groups in total. The number of hydrogen-bond acceptors (Lipinski definition) is 4. The highest BCUT2D eigenvalue weighted by Crippen LogP contribution is 2.22. The lowest BCUT2D eigenvalue weighted by Gasteiger charge is -2.26. The van der Waals surface area contributed by atoms with Crippen LogP contribution in [0.3, 0.4) is 0 Å². The van der Waals surface area contributed by atoms with Crippen molar-refractivity contribution in [3.8, 4) is 5.75 Å². The van der Waals surface area contributed by atoms with Crippen LogP contribution in [-0.2, 0) is 4.74 Å². The standard InChI is InChI=1S/C16H26N2O2/c1-18(2)16(11-17-10-13-7-8-20-12-13)14-5-4-6-15(9-14)19-3/h4-6,9,13,16-17H,7-8,10-12H2,1-3H3. The summed E-state index contributed by atoms with van der Waals surface area (Å²) in [5.74, 6) is 1.58. The summed E-state index contributed by atoms with van der Waals surface area (Å²) in [5.41, 5.74) is 1.28. The molecule has 0 saturated carbocycles. The van der Waals surface area contributed by atoms with Gasteiger partial charge in [0.25, 0.3) is 0 Å². The van der Waals surface area contributed by atoms with Crippen molar-refractivity contribution in [3.63, 3.8) is 0 Å². The van der Waals surface area contributed by atoms with Gasteiger partial charge in [0, 0.05) is 25.7 Å². The van der Waals surface area contributed by atoms with Crippen LogP contribution < -0.4 is 10.1 Å². The number of ether oxygens (including phenoxy) is 2. The van der Waals surface area contributed by atoms with Crippen molar-refractivity contribution in [1.29, 1.82) is 0 Å². The van der Waals surface area contributed by atoms with E-state index in [1.54, 1.807) is 7.11 Å². The molecule has 0 radical (unpaired) electrons. The number of rotatable bonds is 7. The lowest BCUT2D eigenvalue weighted by molar-refractivity contribution is 0.184. The van der Waals surface area contributed by atoms with Crippen molar-refractivity contribution in [2.24, 2.45) is 5.92 Å². The van der Waals surface area contributed by atoms with Crippen LogP contribution in [0.15, 0.2) is 24.3 Å². The molecule has 0 amide bonds. The summed E-state index contributed by atoms with van der Waals surface area (Å²) in [6.45, 7) is 3.79. The predicted molar refractivity (Wildman–Crippen MR) is 81.2 cm³/mol. The van der Waals surface area contributed by atoms with E-state index >= 15 is 0 Å². The molecule has 1 fully saturated rings. The normalized spacial score (nSPS) is 20.3. The zero-order valence-corrected chi connectivity index (χ0v) is 12.8. The Hall–Kier alpha value is -1.10. The summed E-state index contributed by atoms with van der Waals surface area (Å²) < 4.78 is 10.7. The Bertz CT molecular complexity index is 403. The van der Waals surface area contributed by atoms with Crippen LogP contribution in [0, 0.1) is 5.92 Å². The minimum absolute atomic E-state index is 0.354. The van der Waals surface area contributed by atoms with Gasteiger partial charge in [0.2, 0.25) is 0 Å². The summed E-state index contributed by atoms with van der Waals surface area (Å²) in [6, 6.07) is 8.67. The summed E-state index contributed by atoms with van der Waals surface area (Å²) in [4.78, 5) is 2.24. The first-order valence-electron chi connectivity index (χ1n) is 7.29. The van der Waals surface area contributed by atoms with Crippen LogP contribution in [0.2, 0.25) is 0 Å². The van der Waals surface area contributed by atoms with E-state index in [4.69, 9.17) is 9.47 Å². The zero-order chi connectivity index (χ0) is 14.4. The van der Waals surface area contributed by atoms with E-state index in [-0.39, 0.29) is 0 Å². The second kappa shape index (κ2) is 7.62. The fourth-order valence-electron chi connectivity index (χ4n) is 2.62. The molecule has 0 bridgehead atoms. The number of hydrogen-bond donors (Lipinski definition) is 1. The number of likely N-dealkylation sites (N-methyl/N-ethyl adjacent to an activating group) is 1. The molecule has 0 aromatic heterocycles. The highest BCUT2D eigenvalue weighted by Gasteiger charge is 2.18. The molecule has 1 saturated heterocycles. The molecule has 4 heteroatoms. The van der Waals surface area contributed by atoms with Crippen LogP contribution in [0.25, 0.3) is 0 Å². The molecule has 20 heavy (non-hydrogen) atoms. The first kappa shape index (κ1) is 15.3. The maximum Gasteiger partial charge on any atom is 0.119 e. The topological polar surface area (TPSA) is 33.7 Å². The Morgan fingerprint density at radius 1 is 1.45 bits per heavy atom. The third-order valence-corrected chi connectivity index (χ3v) is 3.90. The van der Waals surface area contributed by atoms with Gasteiger partial charge in [-0.15, -0.1) is 0 Å². The highest BCUT2D eigenvalue weighted by molar-refractivity contribution is 5.30. The Kier molecular flexibility index (Phi) is 5.83. The fraction of sp³-hybridized carbons (Fsp3) is 0.625. The second-order valence-corrected chi connectivity index (χ2v) is 5.64. The molecule has 112 valence electrons. The third kappa shape index (κ3) is 4.20. The quantitative estimate of drug-likeness (QED) is 0.826. The molecule has 2 unspecified atom stereocenters. The highest BCUT2D eigenvalue weighted by atomic mass is 16.5. The fourth-order valence-corrected chi connectivity index (χ4v) is 2.62. The maximum atomic E-state index is 5.41. The molecular weight excluding hydrogens is 252 g/mol. The Labute approximate surface area is 122 Å². The van der Waals surface area contributed by atoms with Gasteiger partial charge in [-0.3, -0.25) is 0 Å². The van der Waals surface area contributed by atoms with Crippen molar-refractivity contribution >= 4 is 0 Å². The number of methoxy groups -OCH3 is 1. The number of nitrogens with zero attached hydrogens (tertiary/aromatic N) is 1. The average Bonchev–Trinajstić information content (AvgIpc) is 2.96.